The lowest BCUT2D eigenvalue weighted by Crippen LogP contribution is -2.06. The van der Waals surface area contributed by atoms with Crippen LogP contribution in [0.25, 0.3) is 10.2 Å². The minimum absolute atomic E-state index is 0.347. The Morgan fingerprint density at radius 2 is 2.12 bits per heavy atom. The van der Waals surface area contributed by atoms with Gasteiger partial charge in [-0.2, -0.15) is 0 Å². The second-order valence-electron chi connectivity index (χ2n) is 3.68. The zero-order valence-electron chi connectivity index (χ0n) is 9.53. The fourth-order valence-electron chi connectivity index (χ4n) is 1.72. The summed E-state index contributed by atoms with van der Waals surface area (Å²) in [4.78, 5) is 10.7. The van der Waals surface area contributed by atoms with Gasteiger partial charge in [0.05, 0.1) is 0 Å². The summed E-state index contributed by atoms with van der Waals surface area (Å²) in [5.41, 5.74) is 0. The van der Waals surface area contributed by atoms with Crippen molar-refractivity contribution in [2.24, 2.45) is 0 Å². The van der Waals surface area contributed by atoms with Gasteiger partial charge in [-0.25, -0.2) is 9.97 Å². The average molecular weight is 255 g/mol. The summed E-state index contributed by atoms with van der Waals surface area (Å²) in [6.45, 7) is 4.00. The molecule has 0 N–H and O–H groups in total. The monoisotopic (exact) mass is 254 g/mol. The minimum Gasteiger partial charge on any atom is -0.226 e. The maximum atomic E-state index is 5.74. The number of aromatic nitrogens is 2. The van der Waals surface area contributed by atoms with Crippen LogP contribution in [0.5, 0.6) is 0 Å². The summed E-state index contributed by atoms with van der Waals surface area (Å²) in [7, 11) is 0. The van der Waals surface area contributed by atoms with Crippen molar-refractivity contribution in [1.29, 1.82) is 0 Å². The zero-order chi connectivity index (χ0) is 11.5. The van der Waals surface area contributed by atoms with Gasteiger partial charge in [-0.15, -0.1) is 11.3 Å². The first-order chi connectivity index (χ1) is 7.83. The summed E-state index contributed by atoms with van der Waals surface area (Å²) in [6, 6.07) is 2.21. The molecule has 2 aromatic rings. The number of nitrogens with zero attached hydrogens (tertiary/aromatic N) is 2. The molecule has 2 heterocycles. The van der Waals surface area contributed by atoms with Crippen molar-refractivity contribution in [3.05, 3.63) is 22.4 Å². The quantitative estimate of drug-likeness (QED) is 0.693. The predicted octanol–water partition coefficient (Wildman–Crippen LogP) is 4.64. The van der Waals surface area contributed by atoms with E-state index < -0.39 is 0 Å². The molecule has 0 atom stereocenters. The van der Waals surface area contributed by atoms with E-state index in [1.165, 1.54) is 24.1 Å². The highest BCUT2D eigenvalue weighted by Gasteiger charge is 2.21. The van der Waals surface area contributed by atoms with Gasteiger partial charge in [0.1, 0.15) is 4.83 Å². The highest BCUT2D eigenvalue weighted by Crippen LogP contribution is 2.41. The summed E-state index contributed by atoms with van der Waals surface area (Å²) in [6.07, 6.45) is 5.83. The van der Waals surface area contributed by atoms with Gasteiger partial charge in [-0.1, -0.05) is 20.3 Å². The number of fused-ring (bicyclic) bond motifs is 1. The van der Waals surface area contributed by atoms with Crippen LogP contribution in [0.4, 0.5) is 0 Å². The molecule has 2 nitrogen and oxygen atoms in total. The Morgan fingerprint density at radius 3 is 2.75 bits per heavy atom. The minimum atomic E-state index is 0.347. The fourth-order valence-corrected chi connectivity index (χ4v) is 3.08. The molecule has 0 aliphatic heterocycles. The van der Waals surface area contributed by atoms with Crippen LogP contribution in [-0.2, 0) is 0 Å². The topological polar surface area (TPSA) is 25.8 Å². The van der Waals surface area contributed by atoms with Gasteiger partial charge in [0.25, 0.3) is 0 Å². The lowest BCUT2D eigenvalue weighted by molar-refractivity contribution is 0.426. The van der Waals surface area contributed by atoms with E-state index in [2.05, 4.69) is 16.0 Å². The van der Waals surface area contributed by atoms with Crippen molar-refractivity contribution in [3.63, 3.8) is 0 Å². The summed E-state index contributed by atoms with van der Waals surface area (Å²) < 4.78 is 0. The molecule has 0 unspecified atom stereocenters. The third kappa shape index (κ3) is 2.20. The van der Waals surface area contributed by atoms with E-state index in [0.29, 0.717) is 5.28 Å². The molecule has 2 aromatic heterocycles. The summed E-state index contributed by atoms with van der Waals surface area (Å²) in [5, 5.41) is 1.47. The standard InChI is InChI=1S/C10H9ClN2S.C2H6/c11-10-12-5-7-4-8(6-2-1-3-6)14-9(7)13-10;1-2/h4-6H,1-3H2;1-2H3. The third-order valence-corrected chi connectivity index (χ3v) is 4.16. The van der Waals surface area contributed by atoms with E-state index in [9.17, 15) is 0 Å². The van der Waals surface area contributed by atoms with E-state index in [1.807, 2.05) is 20.0 Å². The molecular formula is C12H15ClN2S. The van der Waals surface area contributed by atoms with Gasteiger partial charge in [0, 0.05) is 16.5 Å². The van der Waals surface area contributed by atoms with Gasteiger partial charge >= 0.3 is 0 Å². The van der Waals surface area contributed by atoms with E-state index >= 15 is 0 Å². The molecular weight excluding hydrogens is 240 g/mol. The van der Waals surface area contributed by atoms with Crippen LogP contribution in [0.1, 0.15) is 43.9 Å². The maximum absolute atomic E-state index is 5.74. The Kier molecular flexibility index (Phi) is 3.77. The second-order valence-corrected chi connectivity index (χ2v) is 5.08. The zero-order valence-corrected chi connectivity index (χ0v) is 11.1. The van der Waals surface area contributed by atoms with Crippen molar-refractivity contribution in [3.8, 4) is 0 Å². The third-order valence-electron chi connectivity index (χ3n) is 2.77. The largest absolute Gasteiger partial charge is 0.226 e. The Balaban J connectivity index is 0.000000457. The molecule has 86 valence electrons. The molecule has 16 heavy (non-hydrogen) atoms. The molecule has 0 bridgehead atoms. The highest BCUT2D eigenvalue weighted by molar-refractivity contribution is 7.18. The first-order valence-electron chi connectivity index (χ1n) is 5.75. The average Bonchev–Trinajstić information content (AvgIpc) is 2.60. The molecule has 0 aromatic carbocycles. The van der Waals surface area contributed by atoms with Gasteiger partial charge in [0.2, 0.25) is 5.28 Å². The Labute approximate surface area is 105 Å². The van der Waals surface area contributed by atoms with Crippen molar-refractivity contribution in [2.75, 3.05) is 0 Å². The molecule has 1 saturated carbocycles. The van der Waals surface area contributed by atoms with Gasteiger partial charge in [0.15, 0.2) is 0 Å². The van der Waals surface area contributed by atoms with Crippen LogP contribution in [0.2, 0.25) is 5.28 Å². The van der Waals surface area contributed by atoms with Crippen molar-refractivity contribution in [1.82, 2.24) is 9.97 Å². The number of halogens is 1. The normalized spacial score (nSPS) is 15.4. The number of rotatable bonds is 1. The molecule has 3 rings (SSSR count). The molecule has 0 amide bonds. The molecule has 0 radical (unpaired) electrons. The van der Waals surface area contributed by atoms with E-state index in [-0.39, 0.29) is 0 Å². The van der Waals surface area contributed by atoms with Crippen molar-refractivity contribution >= 4 is 33.2 Å². The van der Waals surface area contributed by atoms with Crippen molar-refractivity contribution < 1.29 is 0 Å². The second kappa shape index (κ2) is 5.11. The predicted molar refractivity (Wildman–Crippen MR) is 70.4 cm³/mol. The lowest BCUT2D eigenvalue weighted by atomic mass is 9.84. The lowest BCUT2D eigenvalue weighted by Gasteiger charge is -2.23. The van der Waals surface area contributed by atoms with Crippen LogP contribution >= 0.6 is 22.9 Å². The molecule has 1 aliphatic carbocycles. The summed E-state index contributed by atoms with van der Waals surface area (Å²) >= 11 is 7.50. The van der Waals surface area contributed by atoms with Crippen LogP contribution in [0, 0.1) is 0 Å². The van der Waals surface area contributed by atoms with E-state index in [0.717, 1.165) is 16.1 Å². The van der Waals surface area contributed by atoms with E-state index in [4.69, 9.17) is 11.6 Å². The number of hydrogen-bond donors (Lipinski definition) is 0. The summed E-state index contributed by atoms with van der Waals surface area (Å²) in [5.74, 6) is 0.771. The van der Waals surface area contributed by atoms with Crippen LogP contribution in [0.3, 0.4) is 0 Å². The molecule has 1 fully saturated rings. The Morgan fingerprint density at radius 1 is 1.38 bits per heavy atom. The van der Waals surface area contributed by atoms with Crippen LogP contribution in [-0.4, -0.2) is 9.97 Å². The fraction of sp³-hybridized carbons (Fsp3) is 0.500. The molecule has 0 saturated heterocycles. The van der Waals surface area contributed by atoms with Gasteiger partial charge < -0.3 is 0 Å². The molecule has 0 spiro atoms. The Hall–Kier alpha value is -0.670. The van der Waals surface area contributed by atoms with E-state index in [1.54, 1.807) is 11.3 Å². The Bertz CT molecular complexity index is 477. The van der Waals surface area contributed by atoms with Crippen molar-refractivity contribution in [2.45, 2.75) is 39.0 Å². The number of hydrogen-bond acceptors (Lipinski definition) is 3. The SMILES string of the molecule is CC.Clc1ncc2cc(C3CCC3)sc2n1. The maximum Gasteiger partial charge on any atom is 0.223 e. The molecule has 4 heteroatoms. The van der Waals surface area contributed by atoms with Gasteiger partial charge in [-0.3, -0.25) is 0 Å². The number of thiophene rings is 1. The highest BCUT2D eigenvalue weighted by atomic mass is 35.5. The van der Waals surface area contributed by atoms with Gasteiger partial charge in [-0.05, 0) is 36.4 Å². The van der Waals surface area contributed by atoms with Crippen LogP contribution < -0.4 is 0 Å². The first kappa shape index (κ1) is 11.8. The smallest absolute Gasteiger partial charge is 0.223 e. The first-order valence-corrected chi connectivity index (χ1v) is 6.94. The van der Waals surface area contributed by atoms with Crippen LogP contribution in [0.15, 0.2) is 12.3 Å². The molecule has 1 aliphatic rings.